The Kier molecular flexibility index (Phi) is 4.66. The number of phenols is 1. The number of aromatic hydroxyl groups is 1. The third-order valence-corrected chi connectivity index (χ3v) is 2.54. The molecule has 1 aromatic carbocycles. The lowest BCUT2D eigenvalue weighted by molar-refractivity contribution is -0.156. The molecule has 0 amide bonds. The van der Waals surface area contributed by atoms with Crippen LogP contribution in [0, 0.1) is 0 Å². The van der Waals surface area contributed by atoms with Crippen molar-refractivity contribution in [3.05, 3.63) is 28.3 Å². The van der Waals surface area contributed by atoms with Gasteiger partial charge in [-0.1, -0.05) is 11.6 Å². The normalized spacial score (nSPS) is 13.8. The first-order valence-corrected chi connectivity index (χ1v) is 5.21. The molecule has 2 atom stereocenters. The van der Waals surface area contributed by atoms with Crippen molar-refractivity contribution in [2.75, 3.05) is 7.11 Å². The summed E-state index contributed by atoms with van der Waals surface area (Å²) in [5, 5.41) is 28.9. The molecule has 0 aromatic heterocycles. The largest absolute Gasteiger partial charge is 0.507 e. The molecular weight excluding hydrogens is 264 g/mol. The van der Waals surface area contributed by atoms with Gasteiger partial charge in [0, 0.05) is 10.6 Å². The summed E-state index contributed by atoms with van der Waals surface area (Å²) in [6.07, 6.45) is -3.31. The van der Waals surface area contributed by atoms with E-state index in [1.165, 1.54) is 6.07 Å². The van der Waals surface area contributed by atoms with Crippen LogP contribution in [0.25, 0.3) is 0 Å². The molecule has 6 nitrogen and oxygen atoms in total. The number of rotatable bonds is 4. The molecule has 98 valence electrons. The van der Waals surface area contributed by atoms with Crippen LogP contribution in [0.2, 0.25) is 5.02 Å². The Balaban J connectivity index is 3.20. The molecule has 1 rings (SSSR count). The highest BCUT2D eigenvalue weighted by atomic mass is 35.5. The molecule has 0 aliphatic rings. The van der Waals surface area contributed by atoms with E-state index in [1.54, 1.807) is 0 Å². The number of halogens is 1. The fraction of sp³-hybridized carbons (Fsp3) is 0.273. The van der Waals surface area contributed by atoms with E-state index in [0.717, 1.165) is 13.2 Å². The summed E-state index contributed by atoms with van der Waals surface area (Å²) in [6, 6.07) is 2.32. The zero-order valence-corrected chi connectivity index (χ0v) is 10.1. The predicted octanol–water partition coefficient (Wildman–Crippen LogP) is 0.425. The second-order valence-electron chi connectivity index (χ2n) is 3.46. The predicted molar refractivity (Wildman–Crippen MR) is 61.5 cm³/mol. The summed E-state index contributed by atoms with van der Waals surface area (Å²) >= 11 is 5.68. The van der Waals surface area contributed by atoms with Crippen LogP contribution in [-0.4, -0.2) is 40.8 Å². The topological polar surface area (TPSA) is 104 Å². The van der Waals surface area contributed by atoms with Crippen LogP contribution in [-0.2, 0) is 9.53 Å². The molecule has 0 saturated carbocycles. The number of hydrogen-bond acceptors (Lipinski definition) is 6. The summed E-state index contributed by atoms with van der Waals surface area (Å²) in [7, 11) is 1.03. The van der Waals surface area contributed by atoms with E-state index in [-0.39, 0.29) is 16.1 Å². The average molecular weight is 275 g/mol. The highest BCUT2D eigenvalue weighted by Crippen LogP contribution is 2.32. The van der Waals surface area contributed by atoms with Crippen molar-refractivity contribution in [2.45, 2.75) is 12.2 Å². The summed E-state index contributed by atoms with van der Waals surface area (Å²) < 4.78 is 4.25. The number of aliphatic hydroxyl groups excluding tert-OH is 2. The minimum Gasteiger partial charge on any atom is -0.507 e. The minimum atomic E-state index is -1.89. The van der Waals surface area contributed by atoms with Gasteiger partial charge in [-0.15, -0.1) is 0 Å². The first-order valence-electron chi connectivity index (χ1n) is 4.84. The number of phenolic OH excluding ortho intramolecular Hbond substituents is 1. The molecule has 0 heterocycles. The Morgan fingerprint density at radius 1 is 1.44 bits per heavy atom. The number of hydrogen-bond donors (Lipinski definition) is 3. The molecule has 18 heavy (non-hydrogen) atoms. The molecule has 3 N–H and O–H groups in total. The van der Waals surface area contributed by atoms with E-state index >= 15 is 0 Å². The molecule has 0 radical (unpaired) electrons. The van der Waals surface area contributed by atoms with Crippen molar-refractivity contribution >= 4 is 23.9 Å². The quantitative estimate of drug-likeness (QED) is 0.543. The van der Waals surface area contributed by atoms with Crippen molar-refractivity contribution in [3.8, 4) is 5.75 Å². The first kappa shape index (κ1) is 14.4. The first-order chi connectivity index (χ1) is 8.42. The Morgan fingerprint density at radius 3 is 2.56 bits per heavy atom. The summed E-state index contributed by atoms with van der Waals surface area (Å²) in [6.45, 7) is 0. The van der Waals surface area contributed by atoms with E-state index in [0.29, 0.717) is 6.29 Å². The summed E-state index contributed by atoms with van der Waals surface area (Å²) in [5.74, 6) is -1.63. The number of carbonyl (C=O) groups is 2. The monoisotopic (exact) mass is 274 g/mol. The maximum Gasteiger partial charge on any atom is 0.337 e. The zero-order chi connectivity index (χ0) is 13.9. The summed E-state index contributed by atoms with van der Waals surface area (Å²) in [4.78, 5) is 21.7. The van der Waals surface area contributed by atoms with E-state index in [9.17, 15) is 24.9 Å². The van der Waals surface area contributed by atoms with E-state index in [1.807, 2.05) is 0 Å². The summed E-state index contributed by atoms with van der Waals surface area (Å²) in [5.41, 5.74) is -0.392. The van der Waals surface area contributed by atoms with Gasteiger partial charge in [0.25, 0.3) is 0 Å². The lowest BCUT2D eigenvalue weighted by Crippen LogP contribution is -2.29. The smallest absolute Gasteiger partial charge is 0.337 e. The molecule has 7 heteroatoms. The maximum atomic E-state index is 11.1. The maximum absolute atomic E-state index is 11.1. The Hall–Kier alpha value is -1.63. The van der Waals surface area contributed by atoms with Crippen LogP contribution in [0.3, 0.4) is 0 Å². The third kappa shape index (κ3) is 2.79. The van der Waals surface area contributed by atoms with Gasteiger partial charge in [-0.3, -0.25) is 4.79 Å². The van der Waals surface area contributed by atoms with Gasteiger partial charge in [0.1, 0.15) is 11.9 Å². The molecule has 0 bridgehead atoms. The second-order valence-corrected chi connectivity index (χ2v) is 3.90. The van der Waals surface area contributed by atoms with Gasteiger partial charge in [-0.25, -0.2) is 4.79 Å². The SMILES string of the molecule is COC(=O)C(O)C(O)c1cc(Cl)cc(C=O)c1O. The average Bonchev–Trinajstić information content (AvgIpc) is 2.38. The Labute approximate surface area is 107 Å². The van der Waals surface area contributed by atoms with Gasteiger partial charge in [0.2, 0.25) is 0 Å². The van der Waals surface area contributed by atoms with Crippen molar-refractivity contribution in [2.24, 2.45) is 0 Å². The molecule has 2 unspecified atom stereocenters. The Morgan fingerprint density at radius 2 is 2.06 bits per heavy atom. The number of carbonyl (C=O) groups excluding carboxylic acids is 2. The van der Waals surface area contributed by atoms with Gasteiger partial charge < -0.3 is 20.1 Å². The molecule has 0 spiro atoms. The fourth-order valence-corrected chi connectivity index (χ4v) is 1.61. The standard InChI is InChI=1S/C11H11ClO6/c1-18-11(17)10(16)9(15)7-3-6(12)2-5(4-13)8(7)14/h2-4,9-10,14-16H,1H3. The van der Waals surface area contributed by atoms with Gasteiger partial charge >= 0.3 is 5.97 Å². The molecular formula is C11H11ClO6. The fourth-order valence-electron chi connectivity index (χ4n) is 1.38. The number of aldehydes is 1. The van der Waals surface area contributed by atoms with Crippen LogP contribution < -0.4 is 0 Å². The van der Waals surface area contributed by atoms with Crippen LogP contribution >= 0.6 is 11.6 Å². The lowest BCUT2D eigenvalue weighted by Gasteiger charge is -2.18. The number of ether oxygens (including phenoxy) is 1. The van der Waals surface area contributed by atoms with E-state index < -0.39 is 23.9 Å². The number of esters is 1. The number of benzene rings is 1. The molecule has 0 aliphatic carbocycles. The molecule has 1 aromatic rings. The van der Waals surface area contributed by atoms with Crippen LogP contribution in [0.1, 0.15) is 22.0 Å². The van der Waals surface area contributed by atoms with Crippen molar-refractivity contribution in [1.29, 1.82) is 0 Å². The van der Waals surface area contributed by atoms with Crippen molar-refractivity contribution in [3.63, 3.8) is 0 Å². The van der Waals surface area contributed by atoms with E-state index in [2.05, 4.69) is 4.74 Å². The second kappa shape index (κ2) is 5.81. The van der Waals surface area contributed by atoms with Gasteiger partial charge in [0.15, 0.2) is 12.4 Å². The van der Waals surface area contributed by atoms with Crippen LogP contribution in [0.15, 0.2) is 12.1 Å². The number of aliphatic hydroxyl groups is 2. The Bertz CT molecular complexity index is 473. The van der Waals surface area contributed by atoms with Crippen LogP contribution in [0.5, 0.6) is 5.75 Å². The number of methoxy groups -OCH3 is 1. The lowest BCUT2D eigenvalue weighted by atomic mass is 10.0. The molecule has 0 aliphatic heterocycles. The van der Waals surface area contributed by atoms with Crippen molar-refractivity contribution < 1.29 is 29.6 Å². The minimum absolute atomic E-state index is 0.0704. The molecule has 0 saturated heterocycles. The van der Waals surface area contributed by atoms with Crippen LogP contribution in [0.4, 0.5) is 0 Å². The zero-order valence-electron chi connectivity index (χ0n) is 9.33. The third-order valence-electron chi connectivity index (χ3n) is 2.32. The van der Waals surface area contributed by atoms with Crippen molar-refractivity contribution in [1.82, 2.24) is 0 Å². The highest BCUT2D eigenvalue weighted by Gasteiger charge is 2.29. The van der Waals surface area contributed by atoms with E-state index in [4.69, 9.17) is 11.6 Å². The van der Waals surface area contributed by atoms with Gasteiger partial charge in [-0.2, -0.15) is 0 Å². The van der Waals surface area contributed by atoms with Gasteiger partial charge in [0.05, 0.1) is 12.7 Å². The molecule has 0 fully saturated rings. The highest BCUT2D eigenvalue weighted by molar-refractivity contribution is 6.31. The van der Waals surface area contributed by atoms with Gasteiger partial charge in [-0.05, 0) is 12.1 Å².